The summed E-state index contributed by atoms with van der Waals surface area (Å²) in [4.78, 5) is 51.1. The van der Waals surface area contributed by atoms with E-state index in [1.165, 1.54) is 4.90 Å². The highest BCUT2D eigenvalue weighted by Crippen LogP contribution is 2.65. The number of benzene rings is 1. The molecule has 150 valence electrons. The molecule has 1 heterocycles. The summed E-state index contributed by atoms with van der Waals surface area (Å²) in [6, 6.07) is 6.31. The summed E-state index contributed by atoms with van der Waals surface area (Å²) in [7, 11) is 0. The third-order valence-corrected chi connectivity index (χ3v) is 7.08. The van der Waals surface area contributed by atoms with Crippen LogP contribution in [0, 0.1) is 35.5 Å². The Balaban J connectivity index is 1.15. The second kappa shape index (κ2) is 6.80. The maximum Gasteiger partial charge on any atom is 0.308 e. The van der Waals surface area contributed by atoms with E-state index in [9.17, 15) is 19.2 Å². The van der Waals surface area contributed by atoms with Crippen molar-refractivity contribution in [1.29, 1.82) is 0 Å². The number of Topliss-reactive ketones (excluding diaryl/α,β-unsaturated/α-hetero) is 1. The molecule has 0 radical (unpaired) electrons. The van der Waals surface area contributed by atoms with Gasteiger partial charge < -0.3 is 4.74 Å². The monoisotopic (exact) mass is 413 g/mol. The molecular weight excluding hydrogens is 394 g/mol. The van der Waals surface area contributed by atoms with Gasteiger partial charge in [-0.1, -0.05) is 23.8 Å². The van der Waals surface area contributed by atoms with Crippen LogP contribution in [0.15, 0.2) is 36.4 Å². The maximum atomic E-state index is 12.8. The molecule has 6 atom stereocenters. The van der Waals surface area contributed by atoms with Gasteiger partial charge in [0.1, 0.15) is 0 Å². The number of halogens is 1. The van der Waals surface area contributed by atoms with E-state index in [4.69, 9.17) is 16.3 Å². The van der Waals surface area contributed by atoms with Crippen LogP contribution in [-0.4, -0.2) is 41.6 Å². The lowest BCUT2D eigenvalue weighted by Crippen LogP contribution is -2.40. The number of hydrogen-bond donors (Lipinski definition) is 0. The number of nitrogens with zero attached hydrogens (tertiary/aromatic N) is 1. The number of amides is 2. The van der Waals surface area contributed by atoms with Crippen molar-refractivity contribution in [2.24, 2.45) is 35.5 Å². The minimum atomic E-state index is -0.605. The molecule has 5 aliphatic rings. The first-order valence-corrected chi connectivity index (χ1v) is 10.3. The molecule has 0 spiro atoms. The van der Waals surface area contributed by atoms with Crippen LogP contribution < -0.4 is 0 Å². The average molecular weight is 414 g/mol. The topological polar surface area (TPSA) is 80.8 Å². The van der Waals surface area contributed by atoms with Crippen molar-refractivity contribution in [2.45, 2.75) is 12.8 Å². The highest BCUT2D eigenvalue weighted by molar-refractivity contribution is 6.30. The van der Waals surface area contributed by atoms with E-state index in [2.05, 4.69) is 12.2 Å². The summed E-state index contributed by atoms with van der Waals surface area (Å²) in [5.41, 5.74) is 0.401. The largest absolute Gasteiger partial charge is 0.457 e. The van der Waals surface area contributed by atoms with Crippen LogP contribution in [0.4, 0.5) is 0 Å². The first-order chi connectivity index (χ1) is 14.0. The number of allylic oxidation sites excluding steroid dienone is 2. The van der Waals surface area contributed by atoms with E-state index < -0.39 is 5.97 Å². The fourth-order valence-electron chi connectivity index (χ4n) is 5.38. The minimum absolute atomic E-state index is 0.00735. The summed E-state index contributed by atoms with van der Waals surface area (Å²) in [6.07, 6.45) is 5.24. The summed E-state index contributed by atoms with van der Waals surface area (Å²) >= 11 is 5.79. The van der Waals surface area contributed by atoms with Crippen molar-refractivity contribution >= 4 is 35.2 Å². The van der Waals surface area contributed by atoms with Crippen molar-refractivity contribution in [1.82, 2.24) is 4.90 Å². The zero-order valence-electron chi connectivity index (χ0n) is 15.6. The molecule has 1 aliphatic heterocycles. The Morgan fingerprint density at radius 1 is 1.00 bits per heavy atom. The second-order valence-electron chi connectivity index (χ2n) is 8.32. The van der Waals surface area contributed by atoms with Crippen molar-refractivity contribution in [3.8, 4) is 0 Å². The third-order valence-electron chi connectivity index (χ3n) is 6.82. The summed E-state index contributed by atoms with van der Waals surface area (Å²) in [5.74, 6) is -0.348. The fraction of sp³-hybridized carbons (Fsp3) is 0.455. The summed E-state index contributed by atoms with van der Waals surface area (Å²) < 4.78 is 5.03. The van der Waals surface area contributed by atoms with Crippen LogP contribution >= 0.6 is 11.6 Å². The van der Waals surface area contributed by atoms with Gasteiger partial charge in [0.05, 0.1) is 18.3 Å². The summed E-state index contributed by atoms with van der Waals surface area (Å²) in [6.45, 7) is -0.377. The first kappa shape index (κ1) is 18.6. The lowest BCUT2D eigenvalue weighted by molar-refractivity contribution is -0.145. The van der Waals surface area contributed by atoms with Crippen LogP contribution in [-0.2, 0) is 19.1 Å². The van der Waals surface area contributed by atoms with Gasteiger partial charge in [-0.2, -0.15) is 0 Å². The van der Waals surface area contributed by atoms with E-state index >= 15 is 0 Å². The Hall–Kier alpha value is -2.47. The van der Waals surface area contributed by atoms with Crippen LogP contribution in [0.3, 0.4) is 0 Å². The lowest BCUT2D eigenvalue weighted by atomic mass is 9.63. The van der Waals surface area contributed by atoms with Gasteiger partial charge in [0.15, 0.2) is 12.4 Å². The van der Waals surface area contributed by atoms with Gasteiger partial charge in [0, 0.05) is 17.1 Å². The zero-order chi connectivity index (χ0) is 20.3. The molecule has 6 nitrogen and oxygen atoms in total. The predicted octanol–water partition coefficient (Wildman–Crippen LogP) is 2.51. The summed E-state index contributed by atoms with van der Waals surface area (Å²) in [5, 5.41) is 0.514. The van der Waals surface area contributed by atoms with Crippen molar-refractivity contribution in [2.75, 3.05) is 13.2 Å². The molecule has 1 saturated heterocycles. The second-order valence-corrected chi connectivity index (χ2v) is 8.76. The Bertz CT molecular complexity index is 903. The number of rotatable bonds is 6. The molecule has 7 heteroatoms. The highest BCUT2D eigenvalue weighted by Gasteiger charge is 2.66. The molecule has 0 unspecified atom stereocenters. The van der Waals surface area contributed by atoms with E-state index in [0.717, 1.165) is 6.42 Å². The molecule has 6 rings (SSSR count). The standard InChI is InChI=1S/C22H20ClNO5/c23-12-3-1-11(2-4-12)17(25)10-29-18(26)7-8-24-21(27)19-13-5-6-14(16-9-15(13)16)20(19)22(24)28/h1-6,13-16,19-20H,7-10H2/t13-,14-,15-,16-,19-,20+/m0/s1. The predicted molar refractivity (Wildman–Crippen MR) is 103 cm³/mol. The van der Waals surface area contributed by atoms with Gasteiger partial charge in [-0.05, 0) is 54.4 Å². The lowest BCUT2D eigenvalue weighted by Gasteiger charge is -2.37. The molecule has 2 bridgehead atoms. The Morgan fingerprint density at radius 3 is 2.17 bits per heavy atom. The van der Waals surface area contributed by atoms with E-state index in [1.54, 1.807) is 24.3 Å². The molecule has 2 amide bonds. The van der Waals surface area contributed by atoms with Crippen molar-refractivity contribution in [3.05, 3.63) is 47.0 Å². The Morgan fingerprint density at radius 2 is 1.59 bits per heavy atom. The van der Waals surface area contributed by atoms with Gasteiger partial charge in [-0.15, -0.1) is 0 Å². The number of hydrogen-bond acceptors (Lipinski definition) is 5. The molecule has 29 heavy (non-hydrogen) atoms. The van der Waals surface area contributed by atoms with Gasteiger partial charge in [-0.3, -0.25) is 24.1 Å². The van der Waals surface area contributed by atoms with Gasteiger partial charge in [0.2, 0.25) is 11.8 Å². The van der Waals surface area contributed by atoms with Gasteiger partial charge in [-0.25, -0.2) is 0 Å². The molecular formula is C22H20ClNO5. The Labute approximate surface area is 172 Å². The molecule has 4 aliphatic carbocycles. The molecule has 0 aromatic heterocycles. The Kier molecular flexibility index (Phi) is 4.35. The molecule has 1 aromatic carbocycles. The number of ketones is 1. The molecule has 1 aromatic rings. The average Bonchev–Trinajstić information content (AvgIpc) is 3.50. The van der Waals surface area contributed by atoms with E-state index in [0.29, 0.717) is 22.4 Å². The molecule has 2 saturated carbocycles. The van der Waals surface area contributed by atoms with Crippen LogP contribution in [0.5, 0.6) is 0 Å². The number of imide groups is 1. The molecule has 0 N–H and O–H groups in total. The van der Waals surface area contributed by atoms with Crippen LogP contribution in [0.2, 0.25) is 5.02 Å². The number of ether oxygens (including phenoxy) is 1. The zero-order valence-corrected chi connectivity index (χ0v) is 16.4. The SMILES string of the molecule is O=C(CCN1C(=O)[C@@H]2[C@H]3C=C[C@@H]([C@@H]4C[C@@H]34)[C@@H]2C1=O)OCC(=O)c1ccc(Cl)cc1. The van der Waals surface area contributed by atoms with Crippen molar-refractivity contribution < 1.29 is 23.9 Å². The quantitative estimate of drug-likeness (QED) is 0.310. The number of likely N-dealkylation sites (tertiary alicyclic amines) is 1. The fourth-order valence-corrected chi connectivity index (χ4v) is 5.51. The number of carbonyl (C=O) groups excluding carboxylic acids is 4. The number of esters is 1. The van der Waals surface area contributed by atoms with Crippen molar-refractivity contribution in [3.63, 3.8) is 0 Å². The van der Waals surface area contributed by atoms with Gasteiger partial charge >= 0.3 is 5.97 Å². The smallest absolute Gasteiger partial charge is 0.308 e. The highest BCUT2D eigenvalue weighted by atomic mass is 35.5. The van der Waals surface area contributed by atoms with E-state index in [-0.39, 0.29) is 60.8 Å². The van der Waals surface area contributed by atoms with Crippen LogP contribution in [0.25, 0.3) is 0 Å². The third kappa shape index (κ3) is 3.01. The normalized spacial score (nSPS) is 33.5. The van der Waals surface area contributed by atoms with Gasteiger partial charge in [0.25, 0.3) is 0 Å². The van der Waals surface area contributed by atoms with Crippen LogP contribution in [0.1, 0.15) is 23.2 Å². The minimum Gasteiger partial charge on any atom is -0.457 e. The first-order valence-electron chi connectivity index (χ1n) is 9.93. The van der Waals surface area contributed by atoms with E-state index in [1.807, 2.05) is 0 Å². The molecule has 3 fully saturated rings. The number of carbonyl (C=O) groups is 4. The maximum absolute atomic E-state index is 12.8.